The molecule has 76 valence electrons. The summed E-state index contributed by atoms with van der Waals surface area (Å²) in [6.45, 7) is 2.81. The molecule has 1 aliphatic heterocycles. The maximum atomic E-state index is 6.14. The number of anilines is 1. The van der Waals surface area contributed by atoms with E-state index in [2.05, 4.69) is 16.4 Å². The number of rotatable bonds is 0. The van der Waals surface area contributed by atoms with Gasteiger partial charge in [0.15, 0.2) is 0 Å². The number of aryl methyl sites for hydroxylation is 1. The van der Waals surface area contributed by atoms with E-state index in [9.17, 15) is 0 Å². The Kier molecular flexibility index (Phi) is 1.97. The highest BCUT2D eigenvalue weighted by molar-refractivity contribution is 7.15. The summed E-state index contributed by atoms with van der Waals surface area (Å²) < 4.78 is 0. The van der Waals surface area contributed by atoms with Gasteiger partial charge in [-0.2, -0.15) is 0 Å². The van der Waals surface area contributed by atoms with Crippen LogP contribution in [-0.4, -0.2) is 4.98 Å². The topological polar surface area (TPSA) is 24.9 Å². The van der Waals surface area contributed by atoms with E-state index in [1.54, 1.807) is 11.3 Å². The average Bonchev–Trinajstić information content (AvgIpc) is 2.59. The molecule has 1 aromatic carbocycles. The second-order valence-corrected chi connectivity index (χ2v) is 5.14. The van der Waals surface area contributed by atoms with Gasteiger partial charge in [-0.05, 0) is 13.0 Å². The molecular weight excluding hydrogens is 228 g/mol. The fourth-order valence-corrected chi connectivity index (χ4v) is 3.07. The lowest BCUT2D eigenvalue weighted by atomic mass is 10.1. The van der Waals surface area contributed by atoms with Gasteiger partial charge < -0.3 is 5.32 Å². The number of fused-ring (bicyclic) bond motifs is 3. The molecule has 0 saturated heterocycles. The first-order valence-electron chi connectivity index (χ1n) is 4.75. The third-order valence-corrected chi connectivity index (χ3v) is 3.86. The number of thiazole rings is 1. The summed E-state index contributed by atoms with van der Waals surface area (Å²) in [4.78, 5) is 5.75. The van der Waals surface area contributed by atoms with E-state index in [-0.39, 0.29) is 0 Å². The highest BCUT2D eigenvalue weighted by atomic mass is 35.5. The Balaban J connectivity index is 2.29. The van der Waals surface area contributed by atoms with Crippen molar-refractivity contribution in [1.82, 2.24) is 4.98 Å². The predicted octanol–water partition coefficient (Wildman–Crippen LogP) is 3.70. The van der Waals surface area contributed by atoms with Crippen LogP contribution in [0.5, 0.6) is 0 Å². The smallest absolute Gasteiger partial charge is 0.0904 e. The third-order valence-electron chi connectivity index (χ3n) is 2.50. The second kappa shape index (κ2) is 3.22. The fraction of sp³-hybridized carbons (Fsp3) is 0.182. The largest absolute Gasteiger partial charge is 0.378 e. The molecule has 0 atom stereocenters. The molecule has 15 heavy (non-hydrogen) atoms. The van der Waals surface area contributed by atoms with Crippen molar-refractivity contribution in [3.8, 4) is 10.4 Å². The van der Waals surface area contributed by atoms with Crippen molar-refractivity contribution in [1.29, 1.82) is 0 Å². The first-order valence-corrected chi connectivity index (χ1v) is 5.94. The molecule has 4 heteroatoms. The molecule has 0 bridgehead atoms. The molecule has 0 aliphatic carbocycles. The molecule has 0 amide bonds. The molecule has 2 nitrogen and oxygen atoms in total. The van der Waals surface area contributed by atoms with Crippen molar-refractivity contribution < 1.29 is 0 Å². The van der Waals surface area contributed by atoms with Gasteiger partial charge in [0.2, 0.25) is 0 Å². The minimum atomic E-state index is 0.774. The molecule has 0 fully saturated rings. The Hall–Kier alpha value is -1.06. The van der Waals surface area contributed by atoms with Crippen LogP contribution in [0.2, 0.25) is 5.02 Å². The van der Waals surface area contributed by atoms with Gasteiger partial charge in [-0.15, -0.1) is 11.3 Å². The molecule has 1 aromatic heterocycles. The lowest BCUT2D eigenvalue weighted by molar-refractivity contribution is 1.04. The minimum absolute atomic E-state index is 0.774. The Morgan fingerprint density at radius 1 is 1.47 bits per heavy atom. The number of benzene rings is 1. The van der Waals surface area contributed by atoms with Gasteiger partial charge in [0.25, 0.3) is 0 Å². The Bertz CT molecular complexity index is 533. The maximum absolute atomic E-state index is 6.14. The van der Waals surface area contributed by atoms with Gasteiger partial charge in [0.1, 0.15) is 0 Å². The zero-order valence-corrected chi connectivity index (χ0v) is 9.75. The van der Waals surface area contributed by atoms with Gasteiger partial charge in [0.05, 0.1) is 32.8 Å². The van der Waals surface area contributed by atoms with Crippen LogP contribution in [0.15, 0.2) is 18.2 Å². The number of para-hydroxylation sites is 1. The molecule has 0 radical (unpaired) electrons. The van der Waals surface area contributed by atoms with Crippen LogP contribution in [0, 0.1) is 6.92 Å². The lowest BCUT2D eigenvalue weighted by Gasteiger charge is -2.18. The monoisotopic (exact) mass is 236 g/mol. The van der Waals surface area contributed by atoms with E-state index < -0.39 is 0 Å². The number of hydrogen-bond acceptors (Lipinski definition) is 3. The second-order valence-electron chi connectivity index (χ2n) is 3.52. The summed E-state index contributed by atoms with van der Waals surface area (Å²) in [5.74, 6) is 0. The van der Waals surface area contributed by atoms with Gasteiger partial charge in [-0.3, -0.25) is 0 Å². The van der Waals surface area contributed by atoms with Gasteiger partial charge >= 0.3 is 0 Å². The van der Waals surface area contributed by atoms with E-state index in [1.165, 1.54) is 10.4 Å². The van der Waals surface area contributed by atoms with Crippen molar-refractivity contribution in [2.45, 2.75) is 13.5 Å². The minimum Gasteiger partial charge on any atom is -0.378 e. The molecule has 3 rings (SSSR count). The molecule has 0 unspecified atom stereocenters. The van der Waals surface area contributed by atoms with E-state index >= 15 is 0 Å². The average molecular weight is 237 g/mol. The van der Waals surface area contributed by atoms with Crippen LogP contribution in [0.3, 0.4) is 0 Å². The number of nitrogens with zero attached hydrogens (tertiary/aromatic N) is 1. The molecular formula is C11H9ClN2S. The van der Waals surface area contributed by atoms with E-state index in [1.807, 2.05) is 19.1 Å². The Morgan fingerprint density at radius 2 is 2.33 bits per heavy atom. The van der Waals surface area contributed by atoms with Gasteiger partial charge in [-0.1, -0.05) is 23.7 Å². The third kappa shape index (κ3) is 1.34. The van der Waals surface area contributed by atoms with E-state index in [0.29, 0.717) is 0 Å². The van der Waals surface area contributed by atoms with E-state index in [0.717, 1.165) is 28.0 Å². The lowest BCUT2D eigenvalue weighted by Crippen LogP contribution is -2.07. The molecule has 1 N–H and O–H groups in total. The number of aromatic nitrogens is 1. The fourth-order valence-electron chi connectivity index (χ4n) is 1.87. The molecule has 0 saturated carbocycles. The quantitative estimate of drug-likeness (QED) is 0.755. The van der Waals surface area contributed by atoms with Crippen molar-refractivity contribution in [2.24, 2.45) is 0 Å². The summed E-state index contributed by atoms with van der Waals surface area (Å²) in [6, 6.07) is 5.98. The first kappa shape index (κ1) is 9.19. The molecule has 1 aliphatic rings. The predicted molar refractivity (Wildman–Crippen MR) is 64.6 cm³/mol. The first-order chi connectivity index (χ1) is 7.25. The van der Waals surface area contributed by atoms with Crippen LogP contribution in [0.4, 0.5) is 5.69 Å². The zero-order valence-electron chi connectivity index (χ0n) is 8.17. The number of hydrogen-bond donors (Lipinski definition) is 1. The van der Waals surface area contributed by atoms with E-state index in [4.69, 9.17) is 11.6 Å². The number of nitrogens with one attached hydrogen (secondary N) is 1. The molecule has 2 heterocycles. The van der Waals surface area contributed by atoms with Crippen LogP contribution in [0.25, 0.3) is 10.4 Å². The normalized spacial score (nSPS) is 12.9. The van der Waals surface area contributed by atoms with Crippen LogP contribution < -0.4 is 5.32 Å². The van der Waals surface area contributed by atoms with Crippen LogP contribution in [0.1, 0.15) is 10.7 Å². The highest BCUT2D eigenvalue weighted by Crippen LogP contribution is 2.42. The van der Waals surface area contributed by atoms with Crippen molar-refractivity contribution in [2.75, 3.05) is 5.32 Å². The molecule has 0 spiro atoms. The highest BCUT2D eigenvalue weighted by Gasteiger charge is 2.20. The molecule has 2 aromatic rings. The van der Waals surface area contributed by atoms with Crippen molar-refractivity contribution in [3.63, 3.8) is 0 Å². The maximum Gasteiger partial charge on any atom is 0.0904 e. The summed E-state index contributed by atoms with van der Waals surface area (Å²) in [5, 5.41) is 5.20. The summed E-state index contributed by atoms with van der Waals surface area (Å²) >= 11 is 7.87. The van der Waals surface area contributed by atoms with Crippen molar-refractivity contribution >= 4 is 28.6 Å². The standard InChI is InChI=1S/C11H9ClN2S/c1-6-14-9-5-13-10-7(11(9)15-6)3-2-4-8(10)12/h2-4,13H,5H2,1H3. The Labute approximate surface area is 96.9 Å². The summed E-state index contributed by atoms with van der Waals surface area (Å²) in [6.07, 6.45) is 0. The zero-order chi connectivity index (χ0) is 10.4. The number of halogens is 1. The Morgan fingerprint density at radius 3 is 3.20 bits per heavy atom. The van der Waals surface area contributed by atoms with Crippen molar-refractivity contribution in [3.05, 3.63) is 33.9 Å². The SMILES string of the molecule is Cc1nc2c(s1)-c1cccc(Cl)c1NC2. The summed E-state index contributed by atoms with van der Waals surface area (Å²) in [7, 11) is 0. The van der Waals surface area contributed by atoms with Crippen LogP contribution >= 0.6 is 22.9 Å². The van der Waals surface area contributed by atoms with Gasteiger partial charge in [-0.25, -0.2) is 4.98 Å². The van der Waals surface area contributed by atoms with Crippen LogP contribution in [-0.2, 0) is 6.54 Å². The van der Waals surface area contributed by atoms with Gasteiger partial charge in [0, 0.05) is 5.56 Å². The summed E-state index contributed by atoms with van der Waals surface area (Å²) in [5.41, 5.74) is 3.34.